The van der Waals surface area contributed by atoms with E-state index in [1.54, 1.807) is 6.07 Å². The van der Waals surface area contributed by atoms with Gasteiger partial charge in [-0.2, -0.15) is 0 Å². The van der Waals surface area contributed by atoms with Gasteiger partial charge in [0.25, 0.3) is 5.91 Å². The van der Waals surface area contributed by atoms with Crippen molar-refractivity contribution in [2.75, 3.05) is 0 Å². The smallest absolute Gasteiger partial charge is 0.326 e. The van der Waals surface area contributed by atoms with Gasteiger partial charge in [0.2, 0.25) is 0 Å². The molecule has 0 fully saturated rings. The maximum Gasteiger partial charge on any atom is 0.326 e. The van der Waals surface area contributed by atoms with Crippen molar-refractivity contribution >= 4 is 11.9 Å². The summed E-state index contributed by atoms with van der Waals surface area (Å²) in [6, 6.07) is 4.66. The first-order valence-corrected chi connectivity index (χ1v) is 6.38. The average molecular weight is 259 g/mol. The molecule has 100 valence electrons. The molecular weight excluding hydrogens is 242 g/mol. The number of fused-ring (bicyclic) bond motifs is 1. The Morgan fingerprint density at radius 1 is 1.37 bits per heavy atom. The van der Waals surface area contributed by atoms with Crippen molar-refractivity contribution in [1.82, 2.24) is 5.32 Å². The predicted molar refractivity (Wildman–Crippen MR) is 72.2 cm³/mol. The van der Waals surface area contributed by atoms with Crippen molar-refractivity contribution < 1.29 is 14.7 Å². The average Bonchev–Trinajstić information content (AvgIpc) is 2.85. The van der Waals surface area contributed by atoms with E-state index >= 15 is 0 Å². The Labute approximate surface area is 112 Å². The fourth-order valence-electron chi connectivity index (χ4n) is 2.34. The molecular formula is C15H17NO3. The van der Waals surface area contributed by atoms with Gasteiger partial charge < -0.3 is 10.4 Å². The van der Waals surface area contributed by atoms with Crippen LogP contribution in [0.1, 0.15) is 34.3 Å². The van der Waals surface area contributed by atoms with Crippen molar-refractivity contribution in [2.24, 2.45) is 0 Å². The fourth-order valence-corrected chi connectivity index (χ4v) is 2.34. The number of carboxylic acids is 1. The van der Waals surface area contributed by atoms with Gasteiger partial charge >= 0.3 is 5.97 Å². The first-order chi connectivity index (χ1) is 9.11. The van der Waals surface area contributed by atoms with Gasteiger partial charge in [0.1, 0.15) is 6.04 Å². The van der Waals surface area contributed by atoms with Crippen LogP contribution in [0.5, 0.6) is 0 Å². The molecule has 1 atom stereocenters. The molecule has 1 aromatic carbocycles. The van der Waals surface area contributed by atoms with Crippen LogP contribution in [0.4, 0.5) is 0 Å². The minimum atomic E-state index is -1.05. The Bertz CT molecular complexity index is 522. The molecule has 0 saturated carbocycles. The Morgan fingerprint density at radius 3 is 2.79 bits per heavy atom. The number of aliphatic carboxylic acids is 1. The van der Waals surface area contributed by atoms with Crippen molar-refractivity contribution in [3.8, 4) is 0 Å². The third-order valence-corrected chi connectivity index (χ3v) is 3.37. The van der Waals surface area contributed by atoms with Gasteiger partial charge in [-0.3, -0.25) is 4.79 Å². The monoisotopic (exact) mass is 259 g/mol. The van der Waals surface area contributed by atoms with E-state index in [1.165, 1.54) is 17.2 Å². The molecule has 0 radical (unpaired) electrons. The number of benzene rings is 1. The van der Waals surface area contributed by atoms with E-state index in [4.69, 9.17) is 5.11 Å². The third-order valence-electron chi connectivity index (χ3n) is 3.37. The summed E-state index contributed by atoms with van der Waals surface area (Å²) in [6.45, 7) is 3.50. The molecule has 1 aliphatic rings. The third kappa shape index (κ3) is 3.02. The van der Waals surface area contributed by atoms with Crippen LogP contribution in [0.25, 0.3) is 0 Å². The SMILES string of the molecule is C=CCC(NC(=O)c1ccc2c(c1)CCC2)C(=O)O. The van der Waals surface area contributed by atoms with Gasteiger partial charge in [-0.05, 0) is 48.9 Å². The number of rotatable bonds is 5. The number of hydrogen-bond donors (Lipinski definition) is 2. The molecule has 2 N–H and O–H groups in total. The number of amides is 1. The second-order valence-corrected chi connectivity index (χ2v) is 4.73. The second kappa shape index (κ2) is 5.69. The zero-order valence-corrected chi connectivity index (χ0v) is 10.7. The summed E-state index contributed by atoms with van der Waals surface area (Å²) in [4.78, 5) is 23.0. The molecule has 19 heavy (non-hydrogen) atoms. The number of nitrogens with one attached hydrogen (secondary N) is 1. The summed E-state index contributed by atoms with van der Waals surface area (Å²) in [5, 5.41) is 11.5. The summed E-state index contributed by atoms with van der Waals surface area (Å²) in [5.41, 5.74) is 3.01. The predicted octanol–water partition coefficient (Wildman–Crippen LogP) is 1.93. The van der Waals surface area contributed by atoms with Gasteiger partial charge in [-0.1, -0.05) is 12.1 Å². The van der Waals surface area contributed by atoms with Crippen LogP contribution >= 0.6 is 0 Å². The molecule has 0 aliphatic heterocycles. The van der Waals surface area contributed by atoms with Crippen LogP contribution in [-0.2, 0) is 17.6 Å². The van der Waals surface area contributed by atoms with Gasteiger partial charge in [-0.15, -0.1) is 6.58 Å². The highest BCUT2D eigenvalue weighted by Crippen LogP contribution is 2.22. The van der Waals surface area contributed by atoms with E-state index in [2.05, 4.69) is 11.9 Å². The van der Waals surface area contributed by atoms with Gasteiger partial charge in [0.15, 0.2) is 0 Å². The maximum absolute atomic E-state index is 12.0. The van der Waals surface area contributed by atoms with Crippen LogP contribution in [0, 0.1) is 0 Å². The Balaban J connectivity index is 2.11. The summed E-state index contributed by atoms with van der Waals surface area (Å²) in [6.07, 6.45) is 4.87. The molecule has 0 saturated heterocycles. The van der Waals surface area contributed by atoms with Crippen molar-refractivity contribution in [3.05, 3.63) is 47.5 Å². The maximum atomic E-state index is 12.0. The number of carbonyl (C=O) groups is 2. The lowest BCUT2D eigenvalue weighted by Crippen LogP contribution is -2.40. The van der Waals surface area contributed by atoms with Crippen LogP contribution in [0.3, 0.4) is 0 Å². The zero-order chi connectivity index (χ0) is 13.8. The lowest BCUT2D eigenvalue weighted by molar-refractivity contribution is -0.139. The quantitative estimate of drug-likeness (QED) is 0.794. The molecule has 0 bridgehead atoms. The van der Waals surface area contributed by atoms with Crippen LogP contribution in [-0.4, -0.2) is 23.0 Å². The minimum Gasteiger partial charge on any atom is -0.480 e. The zero-order valence-electron chi connectivity index (χ0n) is 10.7. The highest BCUT2D eigenvalue weighted by molar-refractivity contribution is 5.96. The first kappa shape index (κ1) is 13.3. The number of aryl methyl sites for hydroxylation is 2. The molecule has 1 amide bonds. The second-order valence-electron chi connectivity index (χ2n) is 4.73. The van der Waals surface area contributed by atoms with E-state index in [9.17, 15) is 9.59 Å². The molecule has 4 nitrogen and oxygen atoms in total. The summed E-state index contributed by atoms with van der Waals surface area (Å²) in [7, 11) is 0. The topological polar surface area (TPSA) is 66.4 Å². The standard InChI is InChI=1S/C15H17NO3/c1-2-4-13(15(18)19)16-14(17)12-8-7-10-5-3-6-11(10)9-12/h2,7-9,13H,1,3-6H2,(H,16,17)(H,18,19). The van der Waals surface area contributed by atoms with Gasteiger partial charge in [0.05, 0.1) is 0 Å². The molecule has 1 unspecified atom stereocenters. The molecule has 0 heterocycles. The number of hydrogen-bond acceptors (Lipinski definition) is 2. The Morgan fingerprint density at radius 2 is 2.11 bits per heavy atom. The summed E-state index contributed by atoms with van der Waals surface area (Å²) in [5.74, 6) is -1.39. The lowest BCUT2D eigenvalue weighted by Gasteiger charge is -2.13. The van der Waals surface area contributed by atoms with E-state index < -0.39 is 12.0 Å². The summed E-state index contributed by atoms with van der Waals surface area (Å²) < 4.78 is 0. The normalized spacial score (nSPS) is 14.5. The highest BCUT2D eigenvalue weighted by Gasteiger charge is 2.20. The van der Waals surface area contributed by atoms with Crippen LogP contribution in [0.15, 0.2) is 30.9 Å². The summed E-state index contributed by atoms with van der Waals surface area (Å²) >= 11 is 0. The lowest BCUT2D eigenvalue weighted by atomic mass is 10.1. The molecule has 1 aliphatic carbocycles. The van der Waals surface area contributed by atoms with E-state index in [1.807, 2.05) is 12.1 Å². The van der Waals surface area contributed by atoms with E-state index in [0.29, 0.717) is 5.56 Å². The Kier molecular flexibility index (Phi) is 4.00. The molecule has 0 aromatic heterocycles. The van der Waals surface area contributed by atoms with Crippen LogP contribution < -0.4 is 5.32 Å². The molecule has 4 heteroatoms. The van der Waals surface area contributed by atoms with Gasteiger partial charge in [-0.25, -0.2) is 4.79 Å². The van der Waals surface area contributed by atoms with Crippen molar-refractivity contribution in [2.45, 2.75) is 31.7 Å². The van der Waals surface area contributed by atoms with E-state index in [0.717, 1.165) is 19.3 Å². The first-order valence-electron chi connectivity index (χ1n) is 6.38. The van der Waals surface area contributed by atoms with Crippen molar-refractivity contribution in [3.63, 3.8) is 0 Å². The van der Waals surface area contributed by atoms with Crippen molar-refractivity contribution in [1.29, 1.82) is 0 Å². The molecule has 0 spiro atoms. The minimum absolute atomic E-state index is 0.214. The highest BCUT2D eigenvalue weighted by atomic mass is 16.4. The van der Waals surface area contributed by atoms with Crippen LogP contribution in [0.2, 0.25) is 0 Å². The van der Waals surface area contributed by atoms with Gasteiger partial charge in [0, 0.05) is 5.56 Å². The number of carbonyl (C=O) groups excluding carboxylic acids is 1. The fraction of sp³-hybridized carbons (Fsp3) is 0.333. The number of carboxylic acid groups (broad SMARTS) is 1. The largest absolute Gasteiger partial charge is 0.480 e. The molecule has 2 rings (SSSR count). The Hall–Kier alpha value is -2.10. The van der Waals surface area contributed by atoms with E-state index in [-0.39, 0.29) is 12.3 Å². The molecule has 1 aromatic rings.